The number of para-hydroxylation sites is 1. The van der Waals surface area contributed by atoms with Crippen molar-refractivity contribution in [3.63, 3.8) is 0 Å². The summed E-state index contributed by atoms with van der Waals surface area (Å²) in [6.45, 7) is 4.00. The highest BCUT2D eigenvalue weighted by atomic mass is 32.2. The summed E-state index contributed by atoms with van der Waals surface area (Å²) in [5.74, 6) is -0.453. The molecule has 2 N–H and O–H groups in total. The molecule has 0 fully saturated rings. The van der Waals surface area contributed by atoms with Crippen LogP contribution in [0.15, 0.2) is 94.4 Å². The number of carbonyl (C=O) groups is 1. The Hall–Kier alpha value is -3.49. The lowest BCUT2D eigenvalue weighted by atomic mass is 10.1. The van der Waals surface area contributed by atoms with E-state index in [-0.39, 0.29) is 5.57 Å². The summed E-state index contributed by atoms with van der Waals surface area (Å²) in [6.07, 6.45) is 1.44. The number of nitriles is 1. The van der Waals surface area contributed by atoms with Crippen molar-refractivity contribution in [2.24, 2.45) is 0 Å². The maximum absolute atomic E-state index is 12.7. The van der Waals surface area contributed by atoms with Crippen LogP contribution in [0.5, 0.6) is 0 Å². The van der Waals surface area contributed by atoms with E-state index in [2.05, 4.69) is 16.7 Å². The molecule has 3 aromatic rings. The zero-order valence-electron chi connectivity index (χ0n) is 16.3. The normalized spacial score (nSPS) is 10.9. The van der Waals surface area contributed by atoms with Crippen molar-refractivity contribution < 1.29 is 4.79 Å². The maximum atomic E-state index is 12.7. The Kier molecular flexibility index (Phi) is 6.72. The molecule has 0 aliphatic carbocycles. The Balaban J connectivity index is 1.75. The van der Waals surface area contributed by atoms with Crippen molar-refractivity contribution in [3.8, 4) is 6.07 Å². The molecule has 0 saturated carbocycles. The molecule has 0 atom stereocenters. The molecule has 29 heavy (non-hydrogen) atoms. The van der Waals surface area contributed by atoms with Crippen LogP contribution in [0.1, 0.15) is 11.1 Å². The first-order valence-corrected chi connectivity index (χ1v) is 9.95. The molecule has 0 saturated heterocycles. The summed E-state index contributed by atoms with van der Waals surface area (Å²) in [4.78, 5) is 14.6. The monoisotopic (exact) mass is 399 g/mol. The molecule has 0 aliphatic heterocycles. The standard InChI is InChI=1S/C24H21N3OS/c1-17-12-18(2)14-20(13-17)26-16-19(15-25)24(28)27-22-10-6-7-11-23(22)29-21-8-4-3-5-9-21/h3-14,16,26H,1-2H3,(H,27,28)/b19-16-. The Morgan fingerprint density at radius 1 is 0.966 bits per heavy atom. The second-order valence-electron chi connectivity index (χ2n) is 6.56. The summed E-state index contributed by atoms with van der Waals surface area (Å²) < 4.78 is 0. The number of amides is 1. The fraction of sp³-hybridized carbons (Fsp3) is 0.0833. The van der Waals surface area contributed by atoms with Crippen LogP contribution in [-0.2, 0) is 4.79 Å². The van der Waals surface area contributed by atoms with E-state index in [4.69, 9.17) is 0 Å². The maximum Gasteiger partial charge on any atom is 0.267 e. The number of hydrogen-bond acceptors (Lipinski definition) is 4. The fourth-order valence-electron chi connectivity index (χ4n) is 2.83. The van der Waals surface area contributed by atoms with Gasteiger partial charge in [0.05, 0.1) is 5.69 Å². The van der Waals surface area contributed by atoms with Crippen LogP contribution in [0.4, 0.5) is 11.4 Å². The summed E-state index contributed by atoms with van der Waals surface area (Å²) in [5, 5.41) is 15.3. The van der Waals surface area contributed by atoms with Crippen LogP contribution in [0.3, 0.4) is 0 Å². The molecule has 0 aliphatic rings. The highest BCUT2D eigenvalue weighted by Gasteiger charge is 2.12. The number of hydrogen-bond donors (Lipinski definition) is 2. The largest absolute Gasteiger partial charge is 0.360 e. The SMILES string of the molecule is Cc1cc(C)cc(N/C=C(/C#N)C(=O)Nc2ccccc2Sc2ccccc2)c1. The van der Waals surface area contributed by atoms with Gasteiger partial charge < -0.3 is 10.6 Å². The van der Waals surface area contributed by atoms with Crippen LogP contribution in [0.2, 0.25) is 0 Å². The lowest BCUT2D eigenvalue weighted by Gasteiger charge is -2.11. The minimum Gasteiger partial charge on any atom is -0.360 e. The first-order chi connectivity index (χ1) is 14.0. The first-order valence-electron chi connectivity index (χ1n) is 9.13. The average Bonchev–Trinajstić information content (AvgIpc) is 2.70. The molecule has 0 radical (unpaired) electrons. The van der Waals surface area contributed by atoms with Crippen molar-refractivity contribution in [1.82, 2.24) is 0 Å². The molecule has 3 aromatic carbocycles. The first kappa shape index (κ1) is 20.2. The molecule has 3 rings (SSSR count). The van der Waals surface area contributed by atoms with Crippen molar-refractivity contribution in [1.29, 1.82) is 5.26 Å². The summed E-state index contributed by atoms with van der Waals surface area (Å²) in [5.41, 5.74) is 3.72. The fourth-order valence-corrected chi connectivity index (χ4v) is 3.75. The van der Waals surface area contributed by atoms with Gasteiger partial charge in [-0.25, -0.2) is 0 Å². The molecule has 0 spiro atoms. The highest BCUT2D eigenvalue weighted by molar-refractivity contribution is 7.99. The second kappa shape index (κ2) is 9.63. The van der Waals surface area contributed by atoms with Crippen LogP contribution < -0.4 is 10.6 Å². The number of benzene rings is 3. The Labute approximate surface area is 175 Å². The minimum absolute atomic E-state index is 0.00340. The van der Waals surface area contributed by atoms with E-state index in [1.54, 1.807) is 11.8 Å². The molecule has 5 heteroatoms. The third-order valence-electron chi connectivity index (χ3n) is 4.08. The quantitative estimate of drug-likeness (QED) is 0.399. The van der Waals surface area contributed by atoms with E-state index in [9.17, 15) is 10.1 Å². The van der Waals surface area contributed by atoms with E-state index in [0.29, 0.717) is 5.69 Å². The summed E-state index contributed by atoms with van der Waals surface area (Å²) >= 11 is 1.56. The number of nitrogens with zero attached hydrogens (tertiary/aromatic N) is 1. The molecule has 1 amide bonds. The second-order valence-corrected chi connectivity index (χ2v) is 7.67. The van der Waals surface area contributed by atoms with Crippen molar-refractivity contribution >= 4 is 29.0 Å². The van der Waals surface area contributed by atoms with Crippen LogP contribution >= 0.6 is 11.8 Å². The molecule has 144 valence electrons. The van der Waals surface area contributed by atoms with Crippen molar-refractivity contribution in [2.45, 2.75) is 23.6 Å². The third-order valence-corrected chi connectivity index (χ3v) is 5.16. The molecule has 0 bridgehead atoms. The van der Waals surface area contributed by atoms with Gasteiger partial charge in [0.2, 0.25) is 0 Å². The molecular formula is C24H21N3OS. The number of nitrogens with one attached hydrogen (secondary N) is 2. The lowest BCUT2D eigenvalue weighted by molar-refractivity contribution is -0.112. The summed E-state index contributed by atoms with van der Waals surface area (Å²) in [6, 6.07) is 25.4. The number of carbonyl (C=O) groups excluding carboxylic acids is 1. The number of anilines is 2. The topological polar surface area (TPSA) is 64.9 Å². The molecule has 0 heterocycles. The van der Waals surface area contributed by atoms with E-state index in [1.165, 1.54) is 6.20 Å². The van der Waals surface area contributed by atoms with Gasteiger partial charge >= 0.3 is 0 Å². The third kappa shape index (κ3) is 5.74. The zero-order valence-corrected chi connectivity index (χ0v) is 17.1. The minimum atomic E-state index is -0.453. The van der Waals surface area contributed by atoms with E-state index in [1.807, 2.05) is 86.6 Å². The van der Waals surface area contributed by atoms with E-state index >= 15 is 0 Å². The van der Waals surface area contributed by atoms with Gasteiger partial charge in [0.1, 0.15) is 11.6 Å². The zero-order chi connectivity index (χ0) is 20.6. The van der Waals surface area contributed by atoms with Crippen LogP contribution in [0, 0.1) is 25.2 Å². The van der Waals surface area contributed by atoms with Gasteiger partial charge in [-0.1, -0.05) is 48.2 Å². The van der Waals surface area contributed by atoms with Gasteiger partial charge in [0.15, 0.2) is 0 Å². The molecule has 0 aromatic heterocycles. The number of aryl methyl sites for hydroxylation is 2. The Morgan fingerprint density at radius 3 is 2.31 bits per heavy atom. The van der Waals surface area contributed by atoms with Crippen LogP contribution in [-0.4, -0.2) is 5.91 Å². The Bertz CT molecular complexity index is 1060. The highest BCUT2D eigenvalue weighted by Crippen LogP contribution is 2.33. The van der Waals surface area contributed by atoms with Gasteiger partial charge in [-0.15, -0.1) is 0 Å². The molecule has 0 unspecified atom stereocenters. The van der Waals surface area contributed by atoms with E-state index in [0.717, 1.165) is 26.6 Å². The number of rotatable bonds is 6. The lowest BCUT2D eigenvalue weighted by Crippen LogP contribution is -2.15. The smallest absolute Gasteiger partial charge is 0.267 e. The Morgan fingerprint density at radius 2 is 1.62 bits per heavy atom. The predicted octanol–water partition coefficient (Wildman–Crippen LogP) is 5.91. The van der Waals surface area contributed by atoms with Crippen molar-refractivity contribution in [3.05, 3.63) is 95.7 Å². The van der Waals surface area contributed by atoms with Gasteiger partial charge in [-0.3, -0.25) is 4.79 Å². The average molecular weight is 400 g/mol. The van der Waals surface area contributed by atoms with Gasteiger partial charge in [0.25, 0.3) is 5.91 Å². The van der Waals surface area contributed by atoms with Crippen molar-refractivity contribution in [2.75, 3.05) is 10.6 Å². The van der Waals surface area contributed by atoms with Gasteiger partial charge in [0, 0.05) is 21.7 Å². The molecular weight excluding hydrogens is 378 g/mol. The van der Waals surface area contributed by atoms with Crippen LogP contribution in [0.25, 0.3) is 0 Å². The van der Waals surface area contributed by atoms with Gasteiger partial charge in [-0.2, -0.15) is 5.26 Å². The van der Waals surface area contributed by atoms with E-state index < -0.39 is 5.91 Å². The van der Waals surface area contributed by atoms with Gasteiger partial charge in [-0.05, 0) is 61.4 Å². The summed E-state index contributed by atoms with van der Waals surface area (Å²) in [7, 11) is 0. The predicted molar refractivity (Wildman–Crippen MR) is 119 cm³/mol. The molecule has 4 nitrogen and oxygen atoms in total.